The maximum atomic E-state index is 12.6. The average Bonchev–Trinajstić information content (AvgIpc) is 3.25. The molecule has 3 heterocycles. The van der Waals surface area contributed by atoms with E-state index < -0.39 is 0 Å². The second kappa shape index (κ2) is 6.67. The Morgan fingerprint density at radius 2 is 2.08 bits per heavy atom. The van der Waals surface area contributed by atoms with Crippen molar-refractivity contribution >= 4 is 5.91 Å². The topological polar surface area (TPSA) is 96.5 Å². The summed E-state index contributed by atoms with van der Waals surface area (Å²) < 4.78 is 0. The van der Waals surface area contributed by atoms with Gasteiger partial charge in [0.2, 0.25) is 0 Å². The Bertz CT molecular complexity index is 950. The molecule has 0 unspecified atom stereocenters. The number of aromatic nitrogens is 5. The van der Waals surface area contributed by atoms with Crippen LogP contribution < -0.4 is 5.32 Å². The lowest BCUT2D eigenvalue weighted by Gasteiger charge is -2.16. The standard InChI is InChI=1S/C19H20N6O/c1-11-15(10-21-18(22-11)13-6-8-20-9-7-13)12(2)23-19(26)17-14-4-3-5-16(14)24-25-17/h6-10,12H,3-5H2,1-2H3,(H,23,26)(H,24,25)/t12-/m1/s1. The highest BCUT2D eigenvalue weighted by Gasteiger charge is 2.24. The predicted octanol–water partition coefficient (Wildman–Crippen LogP) is 2.55. The van der Waals surface area contributed by atoms with Gasteiger partial charge in [0.25, 0.3) is 5.91 Å². The fraction of sp³-hybridized carbons (Fsp3) is 0.316. The number of H-pyrrole nitrogens is 1. The molecule has 1 aliphatic rings. The summed E-state index contributed by atoms with van der Waals surface area (Å²) in [5, 5.41) is 10.2. The highest BCUT2D eigenvalue weighted by Crippen LogP contribution is 2.24. The van der Waals surface area contributed by atoms with Crippen LogP contribution >= 0.6 is 0 Å². The predicted molar refractivity (Wildman–Crippen MR) is 96.5 cm³/mol. The van der Waals surface area contributed by atoms with Crippen LogP contribution in [0.25, 0.3) is 11.4 Å². The molecule has 0 aliphatic heterocycles. The molecule has 1 atom stereocenters. The molecule has 7 heteroatoms. The molecule has 0 aromatic carbocycles. The lowest BCUT2D eigenvalue weighted by atomic mass is 10.1. The van der Waals surface area contributed by atoms with Gasteiger partial charge in [-0.1, -0.05) is 0 Å². The van der Waals surface area contributed by atoms with Crippen molar-refractivity contribution in [3.63, 3.8) is 0 Å². The van der Waals surface area contributed by atoms with Gasteiger partial charge in [0.05, 0.1) is 6.04 Å². The molecule has 26 heavy (non-hydrogen) atoms. The van der Waals surface area contributed by atoms with E-state index in [-0.39, 0.29) is 11.9 Å². The van der Waals surface area contributed by atoms with E-state index in [4.69, 9.17) is 0 Å². The first-order chi connectivity index (χ1) is 12.6. The van der Waals surface area contributed by atoms with E-state index in [0.717, 1.165) is 47.3 Å². The molecule has 0 saturated heterocycles. The van der Waals surface area contributed by atoms with Crippen LogP contribution in [0.3, 0.4) is 0 Å². The average molecular weight is 348 g/mol. The van der Waals surface area contributed by atoms with Crippen molar-refractivity contribution in [3.8, 4) is 11.4 Å². The van der Waals surface area contributed by atoms with E-state index in [2.05, 4.69) is 30.5 Å². The lowest BCUT2D eigenvalue weighted by Crippen LogP contribution is -2.28. The summed E-state index contributed by atoms with van der Waals surface area (Å²) in [7, 11) is 0. The van der Waals surface area contributed by atoms with Crippen LogP contribution in [0.5, 0.6) is 0 Å². The molecule has 0 bridgehead atoms. The maximum absolute atomic E-state index is 12.6. The largest absolute Gasteiger partial charge is 0.344 e. The molecule has 3 aromatic heterocycles. The molecule has 0 spiro atoms. The van der Waals surface area contributed by atoms with E-state index in [1.807, 2.05) is 26.0 Å². The monoisotopic (exact) mass is 348 g/mol. The van der Waals surface area contributed by atoms with Crippen molar-refractivity contribution < 1.29 is 4.79 Å². The summed E-state index contributed by atoms with van der Waals surface area (Å²) in [6.07, 6.45) is 8.15. The number of fused-ring (bicyclic) bond motifs is 1. The third kappa shape index (κ3) is 2.96. The Morgan fingerprint density at radius 3 is 2.85 bits per heavy atom. The van der Waals surface area contributed by atoms with Gasteiger partial charge in [-0.25, -0.2) is 9.97 Å². The summed E-state index contributed by atoms with van der Waals surface area (Å²) in [6.45, 7) is 3.86. The lowest BCUT2D eigenvalue weighted by molar-refractivity contribution is 0.0933. The van der Waals surface area contributed by atoms with Gasteiger partial charge in [-0.2, -0.15) is 5.10 Å². The number of pyridine rings is 1. The fourth-order valence-corrected chi connectivity index (χ4v) is 3.39. The van der Waals surface area contributed by atoms with Crippen LogP contribution in [0.2, 0.25) is 0 Å². The van der Waals surface area contributed by atoms with Crippen LogP contribution in [-0.4, -0.2) is 31.1 Å². The van der Waals surface area contributed by atoms with Crippen LogP contribution in [0.15, 0.2) is 30.7 Å². The summed E-state index contributed by atoms with van der Waals surface area (Å²) in [5.41, 5.74) is 5.30. The molecule has 7 nitrogen and oxygen atoms in total. The Balaban J connectivity index is 1.53. The highest BCUT2D eigenvalue weighted by molar-refractivity contribution is 5.94. The normalized spacial score (nSPS) is 14.1. The number of hydrogen-bond donors (Lipinski definition) is 2. The van der Waals surface area contributed by atoms with E-state index in [1.165, 1.54) is 0 Å². The molecular formula is C19H20N6O. The molecule has 2 N–H and O–H groups in total. The summed E-state index contributed by atoms with van der Waals surface area (Å²) in [4.78, 5) is 25.6. The van der Waals surface area contributed by atoms with Crippen molar-refractivity contribution in [2.45, 2.75) is 39.2 Å². The van der Waals surface area contributed by atoms with Crippen LogP contribution in [-0.2, 0) is 12.8 Å². The number of nitrogens with zero attached hydrogens (tertiary/aromatic N) is 4. The van der Waals surface area contributed by atoms with Gasteiger partial charge in [0, 0.05) is 46.7 Å². The molecule has 132 valence electrons. The van der Waals surface area contributed by atoms with Gasteiger partial charge < -0.3 is 5.32 Å². The van der Waals surface area contributed by atoms with E-state index in [0.29, 0.717) is 11.5 Å². The highest BCUT2D eigenvalue weighted by atomic mass is 16.2. The number of hydrogen-bond acceptors (Lipinski definition) is 5. The van der Waals surface area contributed by atoms with Gasteiger partial charge in [-0.05, 0) is 45.2 Å². The summed E-state index contributed by atoms with van der Waals surface area (Å²) >= 11 is 0. The number of carbonyl (C=O) groups is 1. The first-order valence-electron chi connectivity index (χ1n) is 8.74. The van der Waals surface area contributed by atoms with Gasteiger partial charge in [0.1, 0.15) is 0 Å². The zero-order valence-electron chi connectivity index (χ0n) is 14.8. The van der Waals surface area contributed by atoms with Gasteiger partial charge >= 0.3 is 0 Å². The zero-order valence-corrected chi connectivity index (χ0v) is 14.8. The summed E-state index contributed by atoms with van der Waals surface area (Å²) in [5.74, 6) is 0.492. The van der Waals surface area contributed by atoms with Gasteiger partial charge in [0.15, 0.2) is 11.5 Å². The number of nitrogens with one attached hydrogen (secondary N) is 2. The quantitative estimate of drug-likeness (QED) is 0.755. The van der Waals surface area contributed by atoms with E-state index in [9.17, 15) is 4.79 Å². The summed E-state index contributed by atoms with van der Waals surface area (Å²) in [6, 6.07) is 3.54. The van der Waals surface area contributed by atoms with E-state index >= 15 is 0 Å². The van der Waals surface area contributed by atoms with Crippen LogP contribution in [0.4, 0.5) is 0 Å². The minimum atomic E-state index is -0.206. The minimum Gasteiger partial charge on any atom is -0.344 e. The first kappa shape index (κ1) is 16.4. The molecular weight excluding hydrogens is 328 g/mol. The van der Waals surface area contributed by atoms with Crippen LogP contribution in [0, 0.1) is 6.92 Å². The van der Waals surface area contributed by atoms with Crippen molar-refractivity contribution in [3.05, 3.63) is 58.9 Å². The van der Waals surface area contributed by atoms with Crippen molar-refractivity contribution in [2.24, 2.45) is 0 Å². The second-order valence-corrected chi connectivity index (χ2v) is 6.55. The van der Waals surface area contributed by atoms with Crippen molar-refractivity contribution in [2.75, 3.05) is 0 Å². The third-order valence-electron chi connectivity index (χ3n) is 4.79. The van der Waals surface area contributed by atoms with Crippen LogP contribution in [0.1, 0.15) is 52.4 Å². The number of aromatic amines is 1. The number of amides is 1. The second-order valence-electron chi connectivity index (χ2n) is 6.55. The zero-order chi connectivity index (χ0) is 18.1. The van der Waals surface area contributed by atoms with E-state index in [1.54, 1.807) is 18.6 Å². The Kier molecular flexibility index (Phi) is 4.20. The van der Waals surface area contributed by atoms with Gasteiger partial charge in [-0.3, -0.25) is 14.9 Å². The number of carbonyl (C=O) groups excluding carboxylic acids is 1. The van der Waals surface area contributed by atoms with Crippen molar-refractivity contribution in [1.29, 1.82) is 0 Å². The molecule has 1 amide bonds. The molecule has 0 fully saturated rings. The Labute approximate surface area is 151 Å². The molecule has 1 aliphatic carbocycles. The fourth-order valence-electron chi connectivity index (χ4n) is 3.39. The number of aryl methyl sites for hydroxylation is 2. The Morgan fingerprint density at radius 1 is 1.27 bits per heavy atom. The number of rotatable bonds is 4. The first-order valence-corrected chi connectivity index (χ1v) is 8.74. The Hall–Kier alpha value is -3.09. The van der Waals surface area contributed by atoms with Crippen molar-refractivity contribution in [1.82, 2.24) is 30.5 Å². The van der Waals surface area contributed by atoms with Gasteiger partial charge in [-0.15, -0.1) is 0 Å². The molecule has 0 saturated carbocycles. The molecule has 0 radical (unpaired) electrons. The maximum Gasteiger partial charge on any atom is 0.272 e. The smallest absolute Gasteiger partial charge is 0.272 e. The molecule has 3 aromatic rings. The SMILES string of the molecule is Cc1nc(-c2ccncc2)ncc1[C@@H](C)NC(=O)c1n[nH]c2c1CCC2. The molecule has 4 rings (SSSR count). The third-order valence-corrected chi connectivity index (χ3v) is 4.79. The minimum absolute atomic E-state index is 0.158.